The van der Waals surface area contributed by atoms with Crippen LogP contribution < -0.4 is 0 Å². The fraction of sp³-hybridized carbons (Fsp3) is 0.500. The highest BCUT2D eigenvalue weighted by molar-refractivity contribution is 14.1. The van der Waals surface area contributed by atoms with Gasteiger partial charge in [-0.25, -0.2) is 0 Å². The summed E-state index contributed by atoms with van der Waals surface area (Å²) in [5.41, 5.74) is 1.11. The zero-order valence-corrected chi connectivity index (χ0v) is 13.0. The monoisotopic (exact) mass is 370 g/mol. The van der Waals surface area contributed by atoms with Gasteiger partial charge in [0.1, 0.15) is 7.28 Å². The highest BCUT2D eigenvalue weighted by atomic mass is 127. The maximum absolute atomic E-state index is 12.2. The normalized spacial score (nSPS) is 22.6. The summed E-state index contributed by atoms with van der Waals surface area (Å²) < 4.78 is 0.456. The lowest BCUT2D eigenvalue weighted by Gasteiger charge is -2.37. The third-order valence-electron chi connectivity index (χ3n) is 3.55. The molecule has 0 spiro atoms. The Kier molecular flexibility index (Phi) is 5.69. The molecule has 2 rings (SSSR count). The number of carbonyl (C=O) groups is 1. The molecule has 2 atom stereocenters. The second-order valence-electron chi connectivity index (χ2n) is 4.88. The van der Waals surface area contributed by atoms with E-state index in [2.05, 4.69) is 29.9 Å². The number of nitrogens with zero attached hydrogens (tertiary/aromatic N) is 1. The Labute approximate surface area is 128 Å². The lowest BCUT2D eigenvalue weighted by atomic mass is 9.61. The van der Waals surface area contributed by atoms with Crippen molar-refractivity contribution in [3.8, 4) is 0 Å². The van der Waals surface area contributed by atoms with E-state index in [1.165, 1.54) is 0 Å². The molecule has 0 saturated carbocycles. The van der Waals surface area contributed by atoms with Crippen molar-refractivity contribution < 1.29 is 9.90 Å². The van der Waals surface area contributed by atoms with Gasteiger partial charge in [-0.05, 0) is 12.0 Å². The molecule has 0 aliphatic carbocycles. The maximum atomic E-state index is 12.2. The molecule has 0 bridgehead atoms. The fourth-order valence-corrected chi connectivity index (χ4v) is 2.98. The smallest absolute Gasteiger partial charge is 0.233 e. The van der Waals surface area contributed by atoms with Gasteiger partial charge in [0.05, 0.1) is 16.6 Å². The van der Waals surface area contributed by atoms with E-state index in [1.807, 2.05) is 35.2 Å². The van der Waals surface area contributed by atoms with Crippen LogP contribution >= 0.6 is 22.6 Å². The first-order chi connectivity index (χ1) is 9.22. The van der Waals surface area contributed by atoms with Gasteiger partial charge in [-0.15, -0.1) is 0 Å². The molecule has 3 nitrogen and oxygen atoms in total. The van der Waals surface area contributed by atoms with Crippen LogP contribution in [-0.4, -0.2) is 39.8 Å². The molecular weight excluding hydrogens is 352 g/mol. The molecular formula is C14H18BINO2. The Morgan fingerprint density at radius 2 is 2.16 bits per heavy atom. The van der Waals surface area contributed by atoms with E-state index < -0.39 is 6.10 Å². The first-order valence-corrected chi connectivity index (χ1v) is 8.14. The number of carbonyl (C=O) groups excluding carboxylic acids is 1. The van der Waals surface area contributed by atoms with E-state index in [4.69, 9.17) is 0 Å². The number of alkyl halides is 1. The summed E-state index contributed by atoms with van der Waals surface area (Å²) in [6.45, 7) is 0.588. The number of hydrogen-bond acceptors (Lipinski definition) is 2. The lowest BCUT2D eigenvalue weighted by Crippen LogP contribution is -2.49. The van der Waals surface area contributed by atoms with Gasteiger partial charge >= 0.3 is 0 Å². The van der Waals surface area contributed by atoms with E-state index in [9.17, 15) is 9.90 Å². The molecule has 0 aromatic heterocycles. The summed E-state index contributed by atoms with van der Waals surface area (Å²) in [4.78, 5) is 14.0. The van der Waals surface area contributed by atoms with Crippen LogP contribution in [0, 0.1) is 0 Å². The van der Waals surface area contributed by atoms with Crippen LogP contribution in [0.1, 0.15) is 12.0 Å². The average molecular weight is 370 g/mol. The van der Waals surface area contributed by atoms with Gasteiger partial charge in [-0.1, -0.05) is 65.6 Å². The van der Waals surface area contributed by atoms with Crippen LogP contribution in [0.5, 0.6) is 0 Å². The summed E-state index contributed by atoms with van der Waals surface area (Å²) in [7, 11) is 2.11. The second-order valence-corrected chi connectivity index (χ2v) is 5.64. The third kappa shape index (κ3) is 3.95. The van der Waals surface area contributed by atoms with Crippen LogP contribution in [0.2, 0.25) is 12.6 Å². The topological polar surface area (TPSA) is 40.5 Å². The molecule has 1 fully saturated rings. The van der Waals surface area contributed by atoms with Crippen molar-refractivity contribution in [1.82, 2.24) is 4.90 Å². The van der Waals surface area contributed by atoms with Gasteiger partial charge in [-0.3, -0.25) is 4.79 Å². The van der Waals surface area contributed by atoms with Crippen molar-refractivity contribution in [3.63, 3.8) is 0 Å². The molecule has 1 amide bonds. The molecule has 1 radical (unpaired) electrons. The fourth-order valence-electron chi connectivity index (χ4n) is 2.54. The quantitative estimate of drug-likeness (QED) is 0.501. The van der Waals surface area contributed by atoms with Gasteiger partial charge in [0.2, 0.25) is 5.91 Å². The minimum Gasteiger partial charge on any atom is -0.392 e. The zero-order chi connectivity index (χ0) is 13.7. The van der Waals surface area contributed by atoms with Crippen LogP contribution in [0.4, 0.5) is 0 Å². The Balaban J connectivity index is 2.13. The second kappa shape index (κ2) is 7.29. The van der Waals surface area contributed by atoms with E-state index in [1.54, 1.807) is 0 Å². The number of halogens is 1. The number of aliphatic hydroxyl groups excluding tert-OH is 1. The molecule has 1 aliphatic heterocycles. The van der Waals surface area contributed by atoms with Crippen molar-refractivity contribution in [1.29, 1.82) is 0 Å². The van der Waals surface area contributed by atoms with Crippen molar-refractivity contribution in [2.45, 2.75) is 37.8 Å². The molecule has 5 heteroatoms. The van der Waals surface area contributed by atoms with Gasteiger partial charge in [0.25, 0.3) is 0 Å². The molecule has 0 unspecified atom stereocenters. The number of amides is 1. The predicted octanol–water partition coefficient (Wildman–Crippen LogP) is 2.12. The number of aliphatic hydroxyl groups is 1. The summed E-state index contributed by atoms with van der Waals surface area (Å²) in [5, 5.41) is 10.1. The number of benzene rings is 1. The van der Waals surface area contributed by atoms with Crippen LogP contribution in [0.25, 0.3) is 0 Å². The highest BCUT2D eigenvalue weighted by Gasteiger charge is 2.31. The first kappa shape index (κ1) is 14.8. The molecule has 1 aliphatic rings. The molecule has 1 heterocycles. The van der Waals surface area contributed by atoms with E-state index in [0.29, 0.717) is 17.3 Å². The van der Waals surface area contributed by atoms with Crippen LogP contribution in [0.3, 0.4) is 0 Å². The van der Waals surface area contributed by atoms with Crippen molar-refractivity contribution in [2.75, 3.05) is 4.43 Å². The molecule has 101 valence electrons. The zero-order valence-electron chi connectivity index (χ0n) is 10.8. The lowest BCUT2D eigenvalue weighted by molar-refractivity contribution is -0.133. The third-order valence-corrected chi connectivity index (χ3v) is 4.20. The summed E-state index contributed by atoms with van der Waals surface area (Å²) in [6, 6.07) is 9.93. The highest BCUT2D eigenvalue weighted by Crippen LogP contribution is 2.23. The molecule has 1 saturated heterocycles. The number of hydrogen-bond donors (Lipinski definition) is 1. The Bertz CT molecular complexity index is 415. The largest absolute Gasteiger partial charge is 0.392 e. The average Bonchev–Trinajstić information content (AvgIpc) is 2.46. The van der Waals surface area contributed by atoms with Crippen LogP contribution in [0.15, 0.2) is 30.3 Å². The standard InChI is InChI=1S/C14H18BINO2/c16-9-14(19)17(10-11-4-2-1-3-5-11)12-6-7-15-8-13(12)18/h1-5,12-13,18H,6-10H2/t12-,13-/m0/s1. The molecule has 19 heavy (non-hydrogen) atoms. The van der Waals surface area contributed by atoms with Gasteiger partial charge < -0.3 is 10.0 Å². The van der Waals surface area contributed by atoms with Crippen molar-refractivity contribution in [3.05, 3.63) is 35.9 Å². The van der Waals surface area contributed by atoms with E-state index >= 15 is 0 Å². The van der Waals surface area contributed by atoms with Gasteiger partial charge in [0.15, 0.2) is 0 Å². The minimum atomic E-state index is -0.427. The Hall–Kier alpha value is -0.555. The summed E-state index contributed by atoms with van der Waals surface area (Å²) in [5.74, 6) is 0.107. The Morgan fingerprint density at radius 1 is 1.42 bits per heavy atom. The SMILES string of the molecule is O=C(CI)N(Cc1ccccc1)[C@H]1CC[B]C[C@@H]1O. The Morgan fingerprint density at radius 3 is 2.79 bits per heavy atom. The summed E-state index contributed by atoms with van der Waals surface area (Å²) >= 11 is 2.09. The van der Waals surface area contributed by atoms with Crippen molar-refractivity contribution >= 4 is 35.8 Å². The molecule has 1 N–H and O–H groups in total. The van der Waals surface area contributed by atoms with Gasteiger partial charge in [0, 0.05) is 6.54 Å². The van der Waals surface area contributed by atoms with Crippen LogP contribution in [-0.2, 0) is 11.3 Å². The first-order valence-electron chi connectivity index (χ1n) is 6.61. The van der Waals surface area contributed by atoms with Crippen molar-refractivity contribution in [2.24, 2.45) is 0 Å². The molecule has 1 aromatic rings. The summed E-state index contributed by atoms with van der Waals surface area (Å²) in [6.07, 6.45) is 2.09. The number of rotatable bonds is 4. The maximum Gasteiger partial charge on any atom is 0.233 e. The molecule has 1 aromatic carbocycles. The van der Waals surface area contributed by atoms with E-state index in [0.717, 1.165) is 18.3 Å². The minimum absolute atomic E-state index is 0.0486. The van der Waals surface area contributed by atoms with Gasteiger partial charge in [-0.2, -0.15) is 0 Å². The predicted molar refractivity (Wildman–Crippen MR) is 85.7 cm³/mol. The van der Waals surface area contributed by atoms with E-state index in [-0.39, 0.29) is 11.9 Å².